The van der Waals surface area contributed by atoms with Gasteiger partial charge in [-0.2, -0.15) is 4.31 Å². The molecule has 5 nitrogen and oxygen atoms in total. The lowest BCUT2D eigenvalue weighted by Gasteiger charge is -2.31. The van der Waals surface area contributed by atoms with Crippen molar-refractivity contribution in [3.8, 4) is 5.75 Å². The maximum Gasteiger partial charge on any atom is 0.243 e. The number of hydrogen-bond donors (Lipinski definition) is 1. The minimum absolute atomic E-state index is 0. The average Bonchev–Trinajstić information content (AvgIpc) is 2.47. The van der Waals surface area contributed by atoms with Gasteiger partial charge in [0, 0.05) is 25.2 Å². The number of methoxy groups -OCH3 is 1. The van der Waals surface area contributed by atoms with Crippen molar-refractivity contribution in [1.82, 2.24) is 9.62 Å². The van der Waals surface area contributed by atoms with Gasteiger partial charge in [0.05, 0.1) is 16.5 Å². The van der Waals surface area contributed by atoms with Gasteiger partial charge in [0.15, 0.2) is 0 Å². The van der Waals surface area contributed by atoms with Crippen LogP contribution in [0.1, 0.15) is 12.8 Å². The highest BCUT2D eigenvalue weighted by atomic mass is 79.9. The summed E-state index contributed by atoms with van der Waals surface area (Å²) in [6, 6.07) is 5.27. The number of sulfonamides is 1. The summed E-state index contributed by atoms with van der Waals surface area (Å²) in [5.74, 6) is 0.524. The van der Waals surface area contributed by atoms with E-state index in [0.717, 1.165) is 17.3 Å². The highest BCUT2D eigenvalue weighted by molar-refractivity contribution is 9.10. The van der Waals surface area contributed by atoms with Crippen LogP contribution in [0.25, 0.3) is 0 Å². The van der Waals surface area contributed by atoms with Gasteiger partial charge in [-0.15, -0.1) is 12.4 Å². The van der Waals surface area contributed by atoms with Crippen molar-refractivity contribution >= 4 is 38.4 Å². The summed E-state index contributed by atoms with van der Waals surface area (Å²) >= 11 is 3.33. The summed E-state index contributed by atoms with van der Waals surface area (Å²) in [5, 5.41) is 3.19. The zero-order valence-corrected chi connectivity index (χ0v) is 15.2. The second kappa shape index (κ2) is 7.78. The van der Waals surface area contributed by atoms with E-state index in [2.05, 4.69) is 21.2 Å². The summed E-state index contributed by atoms with van der Waals surface area (Å²) in [5.41, 5.74) is 0. The third-order valence-corrected chi connectivity index (χ3v) is 6.17. The van der Waals surface area contributed by atoms with Crippen LogP contribution in [-0.2, 0) is 10.0 Å². The first-order valence-corrected chi connectivity index (χ1v) is 8.73. The Balaban J connectivity index is 0.00000220. The molecule has 0 amide bonds. The normalized spacial score (nSPS) is 17.3. The van der Waals surface area contributed by atoms with E-state index in [1.165, 1.54) is 7.11 Å². The van der Waals surface area contributed by atoms with E-state index < -0.39 is 10.0 Å². The second-order valence-corrected chi connectivity index (χ2v) is 7.56. The Morgan fingerprint density at radius 3 is 2.48 bits per heavy atom. The molecule has 0 aliphatic carbocycles. The Hall–Kier alpha value is -0.340. The van der Waals surface area contributed by atoms with Crippen LogP contribution in [0.5, 0.6) is 5.75 Å². The lowest BCUT2D eigenvalue weighted by molar-refractivity contribution is 0.298. The Kier molecular flexibility index (Phi) is 6.93. The molecule has 1 aliphatic rings. The van der Waals surface area contributed by atoms with Crippen LogP contribution >= 0.6 is 28.3 Å². The number of rotatable bonds is 4. The Bertz CT molecular complexity index is 575. The predicted molar refractivity (Wildman–Crippen MR) is 88.8 cm³/mol. The van der Waals surface area contributed by atoms with E-state index >= 15 is 0 Å². The smallest absolute Gasteiger partial charge is 0.243 e. The second-order valence-electron chi connectivity index (χ2n) is 4.76. The maximum atomic E-state index is 12.6. The topological polar surface area (TPSA) is 58.6 Å². The van der Waals surface area contributed by atoms with Crippen LogP contribution in [0.2, 0.25) is 0 Å². The van der Waals surface area contributed by atoms with Gasteiger partial charge in [0.25, 0.3) is 0 Å². The molecule has 1 saturated heterocycles. The Morgan fingerprint density at radius 1 is 1.33 bits per heavy atom. The molecular formula is C13H20BrClN2O3S. The number of nitrogens with one attached hydrogen (secondary N) is 1. The third kappa shape index (κ3) is 4.10. The van der Waals surface area contributed by atoms with Gasteiger partial charge in [-0.05, 0) is 48.0 Å². The number of nitrogens with zero attached hydrogens (tertiary/aromatic N) is 1. The third-order valence-electron chi connectivity index (χ3n) is 3.62. The van der Waals surface area contributed by atoms with Gasteiger partial charge < -0.3 is 10.1 Å². The van der Waals surface area contributed by atoms with Gasteiger partial charge in [-0.25, -0.2) is 8.42 Å². The molecule has 0 spiro atoms. The lowest BCUT2D eigenvalue weighted by Crippen LogP contribution is -2.43. The minimum Gasteiger partial charge on any atom is -0.496 e. The molecule has 1 aromatic rings. The fraction of sp³-hybridized carbons (Fsp3) is 0.538. The molecule has 0 atom stereocenters. The van der Waals surface area contributed by atoms with Gasteiger partial charge >= 0.3 is 0 Å². The molecular weight excluding hydrogens is 380 g/mol. The van der Waals surface area contributed by atoms with Gasteiger partial charge in [-0.3, -0.25) is 0 Å². The molecule has 1 fully saturated rings. The van der Waals surface area contributed by atoms with Crippen molar-refractivity contribution in [3.05, 3.63) is 22.7 Å². The maximum absolute atomic E-state index is 12.6. The molecule has 1 aliphatic heterocycles. The fourth-order valence-electron chi connectivity index (χ4n) is 2.33. The molecule has 0 bridgehead atoms. The first-order valence-electron chi connectivity index (χ1n) is 6.50. The van der Waals surface area contributed by atoms with Crippen molar-refractivity contribution in [2.24, 2.45) is 0 Å². The predicted octanol–water partition coefficient (Wildman–Crippen LogP) is 2.25. The SMILES string of the molecule is CNC1CCN(S(=O)(=O)c2ccc(Br)c(OC)c2)CC1.Cl. The zero-order valence-electron chi connectivity index (χ0n) is 12.0. The van der Waals surface area contributed by atoms with Crippen molar-refractivity contribution < 1.29 is 13.2 Å². The van der Waals surface area contributed by atoms with Crippen molar-refractivity contribution in [2.75, 3.05) is 27.2 Å². The van der Waals surface area contributed by atoms with Crippen LogP contribution < -0.4 is 10.1 Å². The summed E-state index contributed by atoms with van der Waals surface area (Å²) in [6.07, 6.45) is 1.67. The average molecular weight is 400 g/mol. The number of hydrogen-bond acceptors (Lipinski definition) is 4. The fourth-order valence-corrected chi connectivity index (χ4v) is 4.23. The first-order chi connectivity index (χ1) is 9.48. The Labute approximate surface area is 140 Å². The summed E-state index contributed by atoms with van der Waals surface area (Å²) in [6.45, 7) is 1.10. The van der Waals surface area contributed by atoms with Crippen LogP contribution in [0, 0.1) is 0 Å². The minimum atomic E-state index is -3.44. The molecule has 120 valence electrons. The number of benzene rings is 1. The van der Waals surface area contributed by atoms with Crippen LogP contribution in [0.3, 0.4) is 0 Å². The highest BCUT2D eigenvalue weighted by Crippen LogP contribution is 2.29. The molecule has 0 saturated carbocycles. The monoisotopic (exact) mass is 398 g/mol. The highest BCUT2D eigenvalue weighted by Gasteiger charge is 2.29. The first kappa shape index (κ1) is 18.7. The quantitative estimate of drug-likeness (QED) is 0.843. The van der Waals surface area contributed by atoms with Crippen LogP contribution in [-0.4, -0.2) is 46.0 Å². The largest absolute Gasteiger partial charge is 0.496 e. The van der Waals surface area contributed by atoms with Crippen LogP contribution in [0.4, 0.5) is 0 Å². The van der Waals surface area contributed by atoms with Crippen molar-refractivity contribution in [3.63, 3.8) is 0 Å². The number of piperidine rings is 1. The molecule has 1 heterocycles. The van der Waals surface area contributed by atoms with Crippen molar-refractivity contribution in [2.45, 2.75) is 23.8 Å². The molecule has 0 aromatic heterocycles. The number of ether oxygens (including phenoxy) is 1. The molecule has 0 unspecified atom stereocenters. The van der Waals surface area contributed by atoms with Gasteiger partial charge in [-0.1, -0.05) is 0 Å². The van der Waals surface area contributed by atoms with Gasteiger partial charge in [0.1, 0.15) is 5.75 Å². The molecule has 21 heavy (non-hydrogen) atoms. The van der Waals surface area contributed by atoms with Gasteiger partial charge in [0.2, 0.25) is 10.0 Å². The van der Waals surface area contributed by atoms with E-state index in [1.54, 1.807) is 22.5 Å². The summed E-state index contributed by atoms with van der Waals surface area (Å²) < 4.78 is 32.6. The van der Waals surface area contributed by atoms with E-state index in [1.807, 2.05) is 7.05 Å². The van der Waals surface area contributed by atoms with Crippen molar-refractivity contribution in [1.29, 1.82) is 0 Å². The molecule has 8 heteroatoms. The molecule has 1 aromatic carbocycles. The van der Waals surface area contributed by atoms with E-state index in [9.17, 15) is 8.42 Å². The van der Waals surface area contributed by atoms with E-state index in [0.29, 0.717) is 24.9 Å². The molecule has 2 rings (SSSR count). The Morgan fingerprint density at radius 2 is 1.95 bits per heavy atom. The van der Waals surface area contributed by atoms with E-state index in [4.69, 9.17) is 4.74 Å². The van der Waals surface area contributed by atoms with Crippen LogP contribution in [0.15, 0.2) is 27.6 Å². The standard InChI is InChI=1S/C13H19BrN2O3S.ClH/c1-15-10-5-7-16(8-6-10)20(17,18)11-3-4-12(14)13(9-11)19-2;/h3-4,9-10,15H,5-8H2,1-2H3;1H. The summed E-state index contributed by atoms with van der Waals surface area (Å²) in [4.78, 5) is 0.278. The lowest BCUT2D eigenvalue weighted by atomic mass is 10.1. The van der Waals surface area contributed by atoms with E-state index in [-0.39, 0.29) is 17.3 Å². The number of halogens is 2. The molecule has 0 radical (unpaired) electrons. The summed E-state index contributed by atoms with van der Waals surface area (Å²) in [7, 11) is -0.00447. The zero-order chi connectivity index (χ0) is 14.8. The molecule has 1 N–H and O–H groups in total.